The third kappa shape index (κ3) is 5.33. The molecule has 1 fully saturated rings. The Morgan fingerprint density at radius 2 is 1.65 bits per heavy atom. The van der Waals surface area contributed by atoms with E-state index >= 15 is 0 Å². The fourth-order valence-electron chi connectivity index (χ4n) is 2.48. The highest BCUT2D eigenvalue weighted by Crippen LogP contribution is 2.38. The molecule has 1 unspecified atom stereocenters. The molecule has 1 saturated heterocycles. The van der Waals surface area contributed by atoms with Crippen molar-refractivity contribution in [2.24, 2.45) is 5.11 Å². The van der Waals surface area contributed by atoms with Crippen LogP contribution in [0.5, 0.6) is 0 Å². The second-order valence-electron chi connectivity index (χ2n) is 5.37. The lowest BCUT2D eigenvalue weighted by Gasteiger charge is -2.35. The van der Waals surface area contributed by atoms with Crippen molar-refractivity contribution >= 4 is 23.9 Å². The SMILES string of the molecule is CC(=O)OC[C@H]1OC(OC(C)=O)[C@H](OC(C)=O)[C@@]1(CN=[N+]=[N-])OC(C)=O. The van der Waals surface area contributed by atoms with E-state index in [1.54, 1.807) is 0 Å². The number of azide groups is 1. The minimum atomic E-state index is -1.86. The van der Waals surface area contributed by atoms with E-state index in [0.29, 0.717) is 0 Å². The summed E-state index contributed by atoms with van der Waals surface area (Å²) in [5.74, 6) is -3.02. The maximum atomic E-state index is 11.6. The summed E-state index contributed by atoms with van der Waals surface area (Å²) >= 11 is 0. The first-order valence-electron chi connectivity index (χ1n) is 7.46. The Kier molecular flexibility index (Phi) is 7.35. The molecule has 0 N–H and O–H groups in total. The predicted octanol–water partition coefficient (Wildman–Crippen LogP) is 0.381. The van der Waals surface area contributed by atoms with Crippen molar-refractivity contribution in [2.75, 3.05) is 13.2 Å². The first-order chi connectivity index (χ1) is 12.1. The average molecular weight is 373 g/mol. The summed E-state index contributed by atoms with van der Waals surface area (Å²) in [6.45, 7) is 3.43. The van der Waals surface area contributed by atoms with Crippen LogP contribution in [0.15, 0.2) is 5.11 Å². The maximum Gasteiger partial charge on any atom is 0.305 e. The first-order valence-corrected chi connectivity index (χ1v) is 7.46. The van der Waals surface area contributed by atoms with Crippen molar-refractivity contribution in [3.63, 3.8) is 0 Å². The molecule has 0 aliphatic carbocycles. The molecule has 1 heterocycles. The smallest absolute Gasteiger partial charge is 0.305 e. The molecule has 0 radical (unpaired) electrons. The van der Waals surface area contributed by atoms with Gasteiger partial charge in [0.15, 0.2) is 5.60 Å². The van der Waals surface area contributed by atoms with Crippen molar-refractivity contribution < 1.29 is 42.9 Å². The molecule has 1 aliphatic heterocycles. The van der Waals surface area contributed by atoms with Gasteiger partial charge in [0, 0.05) is 32.6 Å². The molecule has 0 aromatic carbocycles. The normalized spacial score (nSPS) is 27.0. The second-order valence-corrected chi connectivity index (χ2v) is 5.37. The molecule has 4 atom stereocenters. The van der Waals surface area contributed by atoms with E-state index in [9.17, 15) is 19.2 Å². The summed E-state index contributed by atoms with van der Waals surface area (Å²) in [4.78, 5) is 48.2. The third-order valence-corrected chi connectivity index (χ3v) is 3.30. The molecule has 12 nitrogen and oxygen atoms in total. The Hall–Kier alpha value is -2.85. The van der Waals surface area contributed by atoms with Gasteiger partial charge in [0.25, 0.3) is 0 Å². The fourth-order valence-corrected chi connectivity index (χ4v) is 2.48. The lowest BCUT2D eigenvalue weighted by atomic mass is 9.92. The molecule has 0 amide bonds. The number of nitrogens with zero attached hydrogens (tertiary/aromatic N) is 3. The second kappa shape index (κ2) is 9.02. The summed E-state index contributed by atoms with van der Waals surface area (Å²) in [7, 11) is 0. The molecule has 26 heavy (non-hydrogen) atoms. The number of rotatable bonds is 7. The minimum Gasteiger partial charge on any atom is -0.463 e. The van der Waals surface area contributed by atoms with Gasteiger partial charge in [-0.15, -0.1) is 0 Å². The molecule has 0 aromatic rings. The lowest BCUT2D eigenvalue weighted by molar-refractivity contribution is -0.199. The highest BCUT2D eigenvalue weighted by Gasteiger charge is 2.63. The van der Waals surface area contributed by atoms with Crippen LogP contribution in [0, 0.1) is 0 Å². The van der Waals surface area contributed by atoms with E-state index in [1.165, 1.54) is 0 Å². The van der Waals surface area contributed by atoms with E-state index in [1.807, 2.05) is 0 Å². The Morgan fingerprint density at radius 1 is 1.04 bits per heavy atom. The minimum absolute atomic E-state index is 0.431. The van der Waals surface area contributed by atoms with Crippen LogP contribution in [0.3, 0.4) is 0 Å². The Bertz CT molecular complexity index is 625. The zero-order valence-corrected chi connectivity index (χ0v) is 14.7. The van der Waals surface area contributed by atoms with Gasteiger partial charge in [-0.3, -0.25) is 19.2 Å². The quantitative estimate of drug-likeness (QED) is 0.202. The van der Waals surface area contributed by atoms with Gasteiger partial charge in [0.05, 0.1) is 6.54 Å². The van der Waals surface area contributed by atoms with Gasteiger partial charge in [-0.2, -0.15) is 0 Å². The van der Waals surface area contributed by atoms with Crippen LogP contribution < -0.4 is 0 Å². The number of hydrogen-bond acceptors (Lipinski definition) is 10. The topological polar surface area (TPSA) is 163 Å². The molecule has 0 saturated carbocycles. The van der Waals surface area contributed by atoms with Crippen molar-refractivity contribution in [2.45, 2.75) is 51.8 Å². The van der Waals surface area contributed by atoms with Gasteiger partial charge >= 0.3 is 23.9 Å². The van der Waals surface area contributed by atoms with Gasteiger partial charge in [0.2, 0.25) is 12.4 Å². The number of ether oxygens (including phenoxy) is 5. The predicted molar refractivity (Wildman–Crippen MR) is 81.1 cm³/mol. The largest absolute Gasteiger partial charge is 0.463 e. The first kappa shape index (κ1) is 21.2. The highest BCUT2D eigenvalue weighted by atomic mass is 16.8. The summed E-state index contributed by atoms with van der Waals surface area (Å²) in [6, 6.07) is 0. The third-order valence-electron chi connectivity index (χ3n) is 3.30. The number of esters is 4. The van der Waals surface area contributed by atoms with Gasteiger partial charge in [-0.05, 0) is 5.53 Å². The van der Waals surface area contributed by atoms with E-state index < -0.39 is 61.1 Å². The molecule has 1 rings (SSSR count). The van der Waals surface area contributed by atoms with Crippen molar-refractivity contribution in [1.82, 2.24) is 0 Å². The zero-order valence-electron chi connectivity index (χ0n) is 14.7. The maximum absolute atomic E-state index is 11.6. The average Bonchev–Trinajstić information content (AvgIpc) is 2.75. The van der Waals surface area contributed by atoms with Crippen LogP contribution in [-0.4, -0.2) is 61.1 Å². The molecule has 0 bridgehead atoms. The van der Waals surface area contributed by atoms with Crippen molar-refractivity contribution in [1.29, 1.82) is 0 Å². The van der Waals surface area contributed by atoms with E-state index in [0.717, 1.165) is 27.7 Å². The standard InChI is InChI=1S/C14H19N3O9/c1-7(18)22-5-11-14(6-16-17-15,26-10(4)21)12(23-8(2)19)13(25-11)24-9(3)20/h11-13H,5-6H2,1-4H3/t11-,12+,13?,14+/m1/s1. The monoisotopic (exact) mass is 373 g/mol. The number of hydrogen-bond donors (Lipinski definition) is 0. The van der Waals surface area contributed by atoms with Crippen LogP contribution in [0.1, 0.15) is 27.7 Å². The Labute approximate surface area is 148 Å². The van der Waals surface area contributed by atoms with Gasteiger partial charge in [0.1, 0.15) is 12.7 Å². The molecule has 12 heteroatoms. The summed E-state index contributed by atoms with van der Waals surface area (Å²) in [5.41, 5.74) is 6.80. The van der Waals surface area contributed by atoms with Gasteiger partial charge in [-0.25, -0.2) is 0 Å². The highest BCUT2D eigenvalue weighted by molar-refractivity contribution is 5.69. The molecule has 0 spiro atoms. The van der Waals surface area contributed by atoms with E-state index in [2.05, 4.69) is 10.0 Å². The van der Waals surface area contributed by atoms with Crippen LogP contribution in [0.4, 0.5) is 0 Å². The van der Waals surface area contributed by atoms with Crippen LogP contribution >= 0.6 is 0 Å². The van der Waals surface area contributed by atoms with E-state index in [4.69, 9.17) is 29.2 Å². The number of carbonyl (C=O) groups excluding carboxylic acids is 4. The van der Waals surface area contributed by atoms with Crippen molar-refractivity contribution in [3.05, 3.63) is 10.4 Å². The summed E-state index contributed by atoms with van der Waals surface area (Å²) < 4.78 is 25.8. The molecular formula is C14H19N3O9. The molecule has 144 valence electrons. The molecular weight excluding hydrogens is 354 g/mol. The Morgan fingerprint density at radius 3 is 2.12 bits per heavy atom. The van der Waals surface area contributed by atoms with Crippen LogP contribution in [0.25, 0.3) is 10.4 Å². The summed E-state index contributed by atoms with van der Waals surface area (Å²) in [6.07, 6.45) is -4.14. The van der Waals surface area contributed by atoms with E-state index in [-0.39, 0.29) is 0 Å². The zero-order chi connectivity index (χ0) is 19.9. The van der Waals surface area contributed by atoms with Gasteiger partial charge < -0.3 is 23.7 Å². The number of carbonyl (C=O) groups is 4. The van der Waals surface area contributed by atoms with Crippen LogP contribution in [-0.2, 0) is 42.9 Å². The fraction of sp³-hybridized carbons (Fsp3) is 0.714. The Balaban J connectivity index is 3.39. The lowest BCUT2D eigenvalue weighted by Crippen LogP contribution is -2.57. The molecule has 1 aliphatic rings. The van der Waals surface area contributed by atoms with Gasteiger partial charge in [-0.1, -0.05) is 5.11 Å². The van der Waals surface area contributed by atoms with Crippen LogP contribution in [0.2, 0.25) is 0 Å². The molecule has 0 aromatic heterocycles. The summed E-state index contributed by atoms with van der Waals surface area (Å²) in [5, 5.41) is 3.38. The van der Waals surface area contributed by atoms with Crippen molar-refractivity contribution in [3.8, 4) is 0 Å².